The van der Waals surface area contributed by atoms with Crippen molar-refractivity contribution < 1.29 is 0 Å². The summed E-state index contributed by atoms with van der Waals surface area (Å²) in [5.41, 5.74) is 23.1. The van der Waals surface area contributed by atoms with E-state index in [0.717, 1.165) is 59.8 Å². The van der Waals surface area contributed by atoms with Crippen LogP contribution in [0.5, 0.6) is 0 Å². The topological polar surface area (TPSA) is 6.48 Å². The summed E-state index contributed by atoms with van der Waals surface area (Å²) in [6, 6.07) is 69.9. The van der Waals surface area contributed by atoms with Crippen molar-refractivity contribution in [3.8, 4) is 33.4 Å². The summed E-state index contributed by atoms with van der Waals surface area (Å²) in [4.78, 5) is 4.80. The molecule has 0 heterocycles. The average molecular weight is 851 g/mol. The number of hydrogen-bond donors (Lipinski definition) is 0. The summed E-state index contributed by atoms with van der Waals surface area (Å²) in [7, 11) is 0. The molecule has 320 valence electrons. The summed E-state index contributed by atoms with van der Waals surface area (Å²) in [6.07, 6.45) is 18.2. The molecule has 0 fully saturated rings. The van der Waals surface area contributed by atoms with Gasteiger partial charge in [-0.2, -0.15) is 0 Å². The number of benzene rings is 8. The van der Waals surface area contributed by atoms with E-state index in [-0.39, 0.29) is 5.41 Å². The molecule has 0 saturated heterocycles. The minimum absolute atomic E-state index is 0.240. The zero-order valence-electron chi connectivity index (χ0n) is 38.1. The Morgan fingerprint density at radius 2 is 0.727 bits per heavy atom. The van der Waals surface area contributed by atoms with Crippen LogP contribution in [0.1, 0.15) is 67.3 Å². The molecule has 0 spiro atoms. The number of aryl methyl sites for hydroxylation is 1. The highest BCUT2D eigenvalue weighted by Gasteiger charge is 2.37. The van der Waals surface area contributed by atoms with Crippen LogP contribution >= 0.6 is 0 Å². The molecule has 66 heavy (non-hydrogen) atoms. The number of rotatable bonds is 10. The maximum absolute atomic E-state index is 2.43. The standard InChI is InChI=1S/C64H54N2/c1-45-14-13-21-57(42-45)66(56-36-32-53(33-37-56)51-28-24-49(25-29-51)47-17-9-5-10-18-47)59-39-41-61-60-40-38-58(43-62(60)64(2,3)63(61)44-59)65(54-19-11-6-12-20-54)55-34-30-52(31-35-55)50-26-22-48(23-27-50)46-15-7-4-8-16-46/h6-7,9,11-44H,4-5,8,10H2,1-3H3. The number of para-hydroxylation sites is 1. The van der Waals surface area contributed by atoms with Crippen LogP contribution in [-0.4, -0.2) is 0 Å². The van der Waals surface area contributed by atoms with Crippen LogP contribution in [0.4, 0.5) is 34.1 Å². The van der Waals surface area contributed by atoms with Gasteiger partial charge in [0, 0.05) is 39.5 Å². The highest BCUT2D eigenvalue weighted by Crippen LogP contribution is 2.52. The molecule has 0 bridgehead atoms. The molecular formula is C64H54N2. The minimum atomic E-state index is -0.240. The molecule has 0 aliphatic heterocycles. The van der Waals surface area contributed by atoms with Crippen molar-refractivity contribution in [2.24, 2.45) is 0 Å². The number of hydrogen-bond acceptors (Lipinski definition) is 2. The van der Waals surface area contributed by atoms with E-state index < -0.39 is 0 Å². The van der Waals surface area contributed by atoms with E-state index in [0.29, 0.717) is 0 Å². The van der Waals surface area contributed by atoms with Gasteiger partial charge in [-0.05, 0) is 178 Å². The third-order valence-corrected chi connectivity index (χ3v) is 13.8. The molecule has 8 aromatic carbocycles. The van der Waals surface area contributed by atoms with Gasteiger partial charge in [0.05, 0.1) is 0 Å². The molecule has 2 heteroatoms. The molecule has 8 aromatic rings. The second-order valence-electron chi connectivity index (χ2n) is 18.5. The Kier molecular flexibility index (Phi) is 10.8. The van der Waals surface area contributed by atoms with Crippen molar-refractivity contribution in [1.82, 2.24) is 0 Å². The lowest BCUT2D eigenvalue weighted by Crippen LogP contribution is -2.17. The molecule has 11 rings (SSSR count). The molecule has 3 aliphatic rings. The van der Waals surface area contributed by atoms with E-state index >= 15 is 0 Å². The summed E-state index contributed by atoms with van der Waals surface area (Å²) < 4.78 is 0. The molecule has 0 atom stereocenters. The fourth-order valence-corrected chi connectivity index (χ4v) is 10.2. The average Bonchev–Trinajstić information content (AvgIpc) is 3.60. The largest absolute Gasteiger partial charge is 0.310 e. The van der Waals surface area contributed by atoms with Crippen LogP contribution in [0, 0.1) is 6.92 Å². The molecule has 0 saturated carbocycles. The third-order valence-electron chi connectivity index (χ3n) is 13.8. The van der Waals surface area contributed by atoms with Crippen LogP contribution in [0.2, 0.25) is 0 Å². The summed E-state index contributed by atoms with van der Waals surface area (Å²) in [5, 5.41) is 0. The van der Waals surface area contributed by atoms with Crippen molar-refractivity contribution >= 4 is 45.3 Å². The number of allylic oxidation sites excluding steroid dienone is 8. The predicted molar refractivity (Wildman–Crippen MR) is 282 cm³/mol. The Labute approximate surface area is 390 Å². The van der Waals surface area contributed by atoms with Gasteiger partial charge in [0.2, 0.25) is 0 Å². The Hall–Kier alpha value is -7.68. The summed E-state index contributed by atoms with van der Waals surface area (Å²) >= 11 is 0. The summed E-state index contributed by atoms with van der Waals surface area (Å²) in [5.74, 6) is 0. The molecule has 0 radical (unpaired) electrons. The van der Waals surface area contributed by atoms with Crippen molar-refractivity contribution in [3.05, 3.63) is 252 Å². The summed E-state index contributed by atoms with van der Waals surface area (Å²) in [6.45, 7) is 6.95. The van der Waals surface area contributed by atoms with Crippen LogP contribution < -0.4 is 9.80 Å². The van der Waals surface area contributed by atoms with Crippen LogP contribution in [0.15, 0.2) is 225 Å². The first kappa shape index (κ1) is 41.1. The first-order valence-electron chi connectivity index (χ1n) is 23.5. The van der Waals surface area contributed by atoms with Gasteiger partial charge in [-0.3, -0.25) is 0 Å². The monoisotopic (exact) mass is 850 g/mol. The van der Waals surface area contributed by atoms with Gasteiger partial charge >= 0.3 is 0 Å². The number of anilines is 6. The van der Waals surface area contributed by atoms with Gasteiger partial charge in [-0.25, -0.2) is 0 Å². The normalized spacial score (nSPS) is 14.5. The third kappa shape index (κ3) is 7.83. The van der Waals surface area contributed by atoms with E-state index in [1.54, 1.807) is 0 Å². The van der Waals surface area contributed by atoms with Gasteiger partial charge in [0.1, 0.15) is 0 Å². The molecule has 0 unspecified atom stereocenters. The fraction of sp³-hybridized carbons (Fsp3) is 0.125. The van der Waals surface area contributed by atoms with Crippen molar-refractivity contribution in [2.75, 3.05) is 9.80 Å². The Morgan fingerprint density at radius 3 is 1.17 bits per heavy atom. The van der Waals surface area contributed by atoms with Gasteiger partial charge < -0.3 is 9.80 Å². The second-order valence-corrected chi connectivity index (χ2v) is 18.5. The van der Waals surface area contributed by atoms with Gasteiger partial charge in [-0.15, -0.1) is 0 Å². The van der Waals surface area contributed by atoms with Gasteiger partial charge in [0.25, 0.3) is 0 Å². The molecular weight excluding hydrogens is 797 g/mol. The fourth-order valence-electron chi connectivity index (χ4n) is 10.2. The van der Waals surface area contributed by atoms with Gasteiger partial charge in [0.15, 0.2) is 0 Å². The lowest BCUT2D eigenvalue weighted by atomic mass is 9.82. The van der Waals surface area contributed by atoms with E-state index in [1.807, 2.05) is 0 Å². The van der Waals surface area contributed by atoms with Crippen LogP contribution in [0.25, 0.3) is 44.5 Å². The van der Waals surface area contributed by atoms with E-state index in [1.165, 1.54) is 72.3 Å². The van der Waals surface area contributed by atoms with Crippen LogP contribution in [0.3, 0.4) is 0 Å². The maximum atomic E-state index is 2.43. The first-order valence-corrected chi connectivity index (χ1v) is 23.5. The molecule has 2 nitrogen and oxygen atoms in total. The Bertz CT molecular complexity index is 3180. The van der Waals surface area contributed by atoms with Gasteiger partial charge in [-0.1, -0.05) is 166 Å². The minimum Gasteiger partial charge on any atom is -0.310 e. The number of nitrogens with zero attached hydrogens (tertiary/aromatic N) is 2. The molecule has 0 amide bonds. The lowest BCUT2D eigenvalue weighted by molar-refractivity contribution is 0.660. The Morgan fingerprint density at radius 1 is 0.348 bits per heavy atom. The lowest BCUT2D eigenvalue weighted by Gasteiger charge is -2.29. The van der Waals surface area contributed by atoms with E-state index in [4.69, 9.17) is 0 Å². The zero-order valence-corrected chi connectivity index (χ0v) is 38.1. The molecule has 3 aliphatic carbocycles. The highest BCUT2D eigenvalue weighted by atomic mass is 15.1. The highest BCUT2D eigenvalue weighted by molar-refractivity contribution is 5.89. The second kappa shape index (κ2) is 17.4. The Balaban J connectivity index is 0.907. The number of fused-ring (bicyclic) bond motifs is 3. The van der Waals surface area contributed by atoms with Crippen LogP contribution in [-0.2, 0) is 5.41 Å². The molecule has 0 aromatic heterocycles. The molecule has 0 N–H and O–H groups in total. The van der Waals surface area contributed by atoms with Crippen molar-refractivity contribution in [3.63, 3.8) is 0 Å². The SMILES string of the molecule is Cc1cccc(N(c2ccc(-c3ccc(C4=CCCC=C4)cc3)cc2)c2ccc3c(c2)C(C)(C)c2cc(N(c4ccccc4)c4ccc(-c5ccc(C6=CCCC=C6)cc5)cc4)ccc2-3)c1. The first-order chi connectivity index (χ1) is 32.4. The van der Waals surface area contributed by atoms with E-state index in [9.17, 15) is 0 Å². The van der Waals surface area contributed by atoms with Crippen molar-refractivity contribution in [2.45, 2.75) is 51.9 Å². The quantitative estimate of drug-likeness (QED) is 0.135. The zero-order chi connectivity index (χ0) is 44.6. The van der Waals surface area contributed by atoms with E-state index in [2.05, 4.69) is 255 Å². The maximum Gasteiger partial charge on any atom is 0.0465 e. The predicted octanol–water partition coefficient (Wildman–Crippen LogP) is 18.0. The van der Waals surface area contributed by atoms with Crippen molar-refractivity contribution in [1.29, 1.82) is 0 Å². The smallest absolute Gasteiger partial charge is 0.0465 e.